The largest absolute Gasteiger partial charge is 0.305 e. The predicted octanol–water partition coefficient (Wildman–Crippen LogP) is 1.69. The topological polar surface area (TPSA) is 54.4 Å². The van der Waals surface area contributed by atoms with Crippen molar-refractivity contribution in [3.8, 4) is 0 Å². The van der Waals surface area contributed by atoms with Crippen LogP contribution in [0, 0.1) is 5.41 Å². The lowest BCUT2D eigenvalue weighted by atomic mass is 9.84. The van der Waals surface area contributed by atoms with Gasteiger partial charge >= 0.3 is 10.1 Å². The fraction of sp³-hybridized carbons (Fsp3) is 0.500. The summed E-state index contributed by atoms with van der Waals surface area (Å²) in [5, 5.41) is -2.73. The number of hydrogen-bond donors (Lipinski definition) is 1. The third kappa shape index (κ3) is 1.42. The zero-order valence-electron chi connectivity index (χ0n) is 7.36. The number of alkyl halides is 1. The lowest BCUT2D eigenvalue weighted by Crippen LogP contribution is -2.45. The molecule has 13 heavy (non-hydrogen) atoms. The predicted molar refractivity (Wildman–Crippen MR) is 47.4 cm³/mol. The van der Waals surface area contributed by atoms with Crippen LogP contribution < -0.4 is 0 Å². The molecule has 0 spiro atoms. The summed E-state index contributed by atoms with van der Waals surface area (Å²) in [5.41, 5.74) is -1.25. The maximum atomic E-state index is 13.9. The summed E-state index contributed by atoms with van der Waals surface area (Å²) in [7, 11) is -4.74. The van der Waals surface area contributed by atoms with Crippen LogP contribution in [0.2, 0.25) is 0 Å². The Kier molecular flexibility index (Phi) is 2.12. The maximum absolute atomic E-state index is 13.9. The molecule has 3 nitrogen and oxygen atoms in total. The molecule has 0 aromatic heterocycles. The minimum Gasteiger partial charge on any atom is -0.283 e. The smallest absolute Gasteiger partial charge is 0.283 e. The van der Waals surface area contributed by atoms with Gasteiger partial charge in [0.1, 0.15) is 0 Å². The minimum atomic E-state index is -4.74. The molecule has 74 valence electrons. The first-order chi connectivity index (χ1) is 5.71. The number of rotatable bonds is 1. The van der Waals surface area contributed by atoms with Crippen LogP contribution in [0.15, 0.2) is 24.3 Å². The summed E-state index contributed by atoms with van der Waals surface area (Å²) in [6.45, 7) is 2.81. The van der Waals surface area contributed by atoms with E-state index in [1.807, 2.05) is 0 Å². The van der Waals surface area contributed by atoms with Gasteiger partial charge in [-0.05, 0) is 6.08 Å². The van der Waals surface area contributed by atoms with Gasteiger partial charge in [0.15, 0.2) is 0 Å². The van der Waals surface area contributed by atoms with Crippen LogP contribution in [0.5, 0.6) is 0 Å². The Balaban J connectivity index is 3.33. The molecule has 0 heterocycles. The summed E-state index contributed by atoms with van der Waals surface area (Å²) < 4.78 is 44.3. The van der Waals surface area contributed by atoms with Gasteiger partial charge in [0.2, 0.25) is 0 Å². The molecule has 0 saturated heterocycles. The van der Waals surface area contributed by atoms with Crippen molar-refractivity contribution in [2.45, 2.75) is 18.8 Å². The van der Waals surface area contributed by atoms with Crippen LogP contribution >= 0.6 is 0 Å². The fourth-order valence-corrected chi connectivity index (χ4v) is 2.21. The Hall–Kier alpha value is -0.680. The lowest BCUT2D eigenvalue weighted by Gasteiger charge is -2.34. The maximum Gasteiger partial charge on any atom is 0.305 e. The van der Waals surface area contributed by atoms with Gasteiger partial charge < -0.3 is 0 Å². The van der Waals surface area contributed by atoms with E-state index in [1.165, 1.54) is 26.0 Å². The average molecular weight is 206 g/mol. The highest BCUT2D eigenvalue weighted by Crippen LogP contribution is 2.43. The molecule has 1 atom stereocenters. The van der Waals surface area contributed by atoms with Crippen LogP contribution in [0.3, 0.4) is 0 Å². The number of allylic oxidation sites excluding steroid dienone is 3. The minimum absolute atomic E-state index is 0.850. The van der Waals surface area contributed by atoms with E-state index in [1.54, 1.807) is 6.08 Å². The monoisotopic (exact) mass is 206 g/mol. The van der Waals surface area contributed by atoms with Gasteiger partial charge in [-0.15, -0.1) is 0 Å². The average Bonchev–Trinajstić information content (AvgIpc) is 1.93. The molecule has 1 rings (SSSR count). The summed E-state index contributed by atoms with van der Waals surface area (Å²) >= 11 is 0. The van der Waals surface area contributed by atoms with E-state index in [9.17, 15) is 12.8 Å². The van der Waals surface area contributed by atoms with Gasteiger partial charge in [0, 0.05) is 5.41 Å². The van der Waals surface area contributed by atoms with Gasteiger partial charge in [0.05, 0.1) is 0 Å². The Morgan fingerprint density at radius 2 is 1.69 bits per heavy atom. The molecule has 1 unspecified atom stereocenters. The second-order valence-electron chi connectivity index (χ2n) is 3.56. The second kappa shape index (κ2) is 2.65. The third-order valence-corrected chi connectivity index (χ3v) is 3.60. The van der Waals surface area contributed by atoms with Crippen molar-refractivity contribution in [3.63, 3.8) is 0 Å². The SMILES string of the molecule is CC1(C)C=CC=CC1(F)S(=O)(=O)O. The normalized spacial score (nSPS) is 32.0. The number of halogens is 1. The molecule has 0 amide bonds. The van der Waals surface area contributed by atoms with E-state index in [4.69, 9.17) is 4.55 Å². The van der Waals surface area contributed by atoms with E-state index in [0.29, 0.717) is 0 Å². The molecule has 0 bridgehead atoms. The first-order valence-electron chi connectivity index (χ1n) is 3.74. The van der Waals surface area contributed by atoms with E-state index in [-0.39, 0.29) is 0 Å². The van der Waals surface area contributed by atoms with Crippen molar-refractivity contribution in [3.05, 3.63) is 24.3 Å². The molecular formula is C8H11FO3S. The van der Waals surface area contributed by atoms with Crippen molar-refractivity contribution in [2.24, 2.45) is 5.41 Å². The summed E-state index contributed by atoms with van der Waals surface area (Å²) in [4.78, 5) is 0. The standard InChI is InChI=1S/C8H11FO3S/c1-7(2)5-3-4-6-8(7,9)13(10,11)12/h3-6H,1-2H3,(H,10,11,12). The van der Waals surface area contributed by atoms with Crippen molar-refractivity contribution < 1.29 is 17.4 Å². The lowest BCUT2D eigenvalue weighted by molar-refractivity contribution is 0.173. The van der Waals surface area contributed by atoms with E-state index in [2.05, 4.69) is 0 Å². The van der Waals surface area contributed by atoms with E-state index in [0.717, 1.165) is 6.08 Å². The van der Waals surface area contributed by atoms with Gasteiger partial charge in [-0.3, -0.25) is 4.55 Å². The molecule has 1 aliphatic rings. The Morgan fingerprint density at radius 1 is 1.23 bits per heavy atom. The van der Waals surface area contributed by atoms with E-state index >= 15 is 0 Å². The molecule has 0 aromatic carbocycles. The van der Waals surface area contributed by atoms with Crippen LogP contribution in [0.1, 0.15) is 13.8 Å². The molecule has 0 radical (unpaired) electrons. The zero-order chi connectivity index (χ0) is 10.3. The van der Waals surface area contributed by atoms with E-state index < -0.39 is 20.5 Å². The quantitative estimate of drug-likeness (QED) is 0.664. The summed E-state index contributed by atoms with van der Waals surface area (Å²) in [5.74, 6) is 0. The highest BCUT2D eigenvalue weighted by Gasteiger charge is 2.53. The molecule has 0 saturated carbocycles. The first-order valence-corrected chi connectivity index (χ1v) is 5.18. The molecule has 5 heteroatoms. The zero-order valence-corrected chi connectivity index (χ0v) is 8.18. The van der Waals surface area contributed by atoms with Crippen LogP contribution in [0.4, 0.5) is 4.39 Å². The molecule has 1 aliphatic carbocycles. The van der Waals surface area contributed by atoms with Gasteiger partial charge in [-0.25, -0.2) is 4.39 Å². The molecular weight excluding hydrogens is 195 g/mol. The summed E-state index contributed by atoms with van der Waals surface area (Å²) in [6.07, 6.45) is 5.06. The van der Waals surface area contributed by atoms with Crippen LogP contribution in [-0.4, -0.2) is 18.0 Å². The van der Waals surface area contributed by atoms with Gasteiger partial charge in [-0.1, -0.05) is 32.1 Å². The molecule has 0 fully saturated rings. The van der Waals surface area contributed by atoms with Crippen molar-refractivity contribution in [2.75, 3.05) is 0 Å². The van der Waals surface area contributed by atoms with Crippen LogP contribution in [0.25, 0.3) is 0 Å². The first kappa shape index (κ1) is 10.4. The molecule has 0 aliphatic heterocycles. The van der Waals surface area contributed by atoms with Crippen LogP contribution in [-0.2, 0) is 10.1 Å². The highest BCUT2D eigenvalue weighted by atomic mass is 32.2. The summed E-state index contributed by atoms with van der Waals surface area (Å²) in [6, 6.07) is 0. The second-order valence-corrected chi connectivity index (χ2v) is 5.10. The third-order valence-electron chi connectivity index (χ3n) is 2.19. The van der Waals surface area contributed by atoms with Crippen molar-refractivity contribution >= 4 is 10.1 Å². The van der Waals surface area contributed by atoms with Gasteiger partial charge in [-0.2, -0.15) is 8.42 Å². The van der Waals surface area contributed by atoms with Crippen molar-refractivity contribution in [1.29, 1.82) is 0 Å². The Labute approximate surface area is 76.7 Å². The number of hydrogen-bond acceptors (Lipinski definition) is 2. The van der Waals surface area contributed by atoms with Gasteiger partial charge in [0.25, 0.3) is 5.00 Å². The Morgan fingerprint density at radius 3 is 2.00 bits per heavy atom. The molecule has 1 N–H and O–H groups in total. The molecule has 0 aromatic rings. The van der Waals surface area contributed by atoms with Crippen molar-refractivity contribution in [1.82, 2.24) is 0 Å². The fourth-order valence-electron chi connectivity index (χ4n) is 1.22. The Bertz CT molecular complexity index is 367. The highest BCUT2D eigenvalue weighted by molar-refractivity contribution is 7.87.